The molecule has 0 saturated carbocycles. The molecule has 0 rings (SSSR count). The summed E-state index contributed by atoms with van der Waals surface area (Å²) in [6.45, 7) is 3.59. The van der Waals surface area contributed by atoms with Gasteiger partial charge in [-0.1, -0.05) is 13.8 Å². The molecule has 0 saturated heterocycles. The van der Waals surface area contributed by atoms with Gasteiger partial charge in [0.25, 0.3) is 6.43 Å². The summed E-state index contributed by atoms with van der Waals surface area (Å²) in [4.78, 5) is 3.66. The van der Waals surface area contributed by atoms with Crippen molar-refractivity contribution in [1.29, 1.82) is 5.41 Å². The first-order valence-corrected chi connectivity index (χ1v) is 3.79. The Morgan fingerprint density at radius 3 is 2.17 bits per heavy atom. The molecule has 0 aliphatic heterocycles. The second kappa shape index (κ2) is 4.95. The Bertz CT molecular complexity index is 176. The molecule has 0 bridgehead atoms. The van der Waals surface area contributed by atoms with Crippen molar-refractivity contribution in [3.8, 4) is 0 Å². The molecular formula is C8H14F2N2. The molecule has 0 fully saturated rings. The van der Waals surface area contributed by atoms with E-state index in [0.29, 0.717) is 0 Å². The van der Waals surface area contributed by atoms with Gasteiger partial charge in [0, 0.05) is 19.2 Å². The molecule has 0 aromatic carbocycles. The van der Waals surface area contributed by atoms with Crippen LogP contribution in [0.15, 0.2) is 4.99 Å². The molecule has 2 nitrogen and oxygen atoms in total. The van der Waals surface area contributed by atoms with Crippen molar-refractivity contribution in [1.82, 2.24) is 0 Å². The predicted octanol–water partition coefficient (Wildman–Crippen LogP) is 2.24. The Morgan fingerprint density at radius 1 is 1.42 bits per heavy atom. The molecule has 0 aliphatic carbocycles. The molecule has 0 aromatic rings. The summed E-state index contributed by atoms with van der Waals surface area (Å²) in [6, 6.07) is 0. The Hall–Kier alpha value is -0.800. The van der Waals surface area contributed by atoms with Crippen molar-refractivity contribution in [2.75, 3.05) is 7.05 Å². The summed E-state index contributed by atoms with van der Waals surface area (Å²) in [7, 11) is 1.52. The third-order valence-electron chi connectivity index (χ3n) is 1.62. The Balaban J connectivity index is 4.40. The summed E-state index contributed by atoms with van der Waals surface area (Å²) in [5, 5.41) is 7.09. The summed E-state index contributed by atoms with van der Waals surface area (Å²) in [6.07, 6.45) is -1.27. The normalized spacial score (nSPS) is 14.6. The van der Waals surface area contributed by atoms with Gasteiger partial charge in [-0.2, -0.15) is 0 Å². The minimum absolute atomic E-state index is 0.00444. The van der Waals surface area contributed by atoms with E-state index in [-0.39, 0.29) is 5.92 Å². The molecule has 0 amide bonds. The number of nitrogens with zero attached hydrogens (tertiary/aromatic N) is 1. The lowest BCUT2D eigenvalue weighted by atomic mass is 9.92. The van der Waals surface area contributed by atoms with Gasteiger partial charge in [-0.25, -0.2) is 8.78 Å². The van der Waals surface area contributed by atoms with Crippen LogP contribution >= 0.6 is 0 Å². The van der Waals surface area contributed by atoms with Gasteiger partial charge in [-0.05, 0) is 5.92 Å². The van der Waals surface area contributed by atoms with Crippen LogP contribution in [0.3, 0.4) is 0 Å². The van der Waals surface area contributed by atoms with E-state index in [2.05, 4.69) is 4.99 Å². The maximum atomic E-state index is 12.1. The zero-order valence-corrected chi connectivity index (χ0v) is 7.51. The van der Waals surface area contributed by atoms with E-state index < -0.39 is 18.1 Å². The zero-order valence-electron chi connectivity index (χ0n) is 7.51. The Labute approximate surface area is 71.2 Å². The van der Waals surface area contributed by atoms with Crippen molar-refractivity contribution >= 4 is 11.9 Å². The molecule has 1 atom stereocenters. The van der Waals surface area contributed by atoms with E-state index >= 15 is 0 Å². The molecule has 70 valence electrons. The monoisotopic (exact) mass is 176 g/mol. The lowest BCUT2D eigenvalue weighted by Crippen LogP contribution is -2.26. The van der Waals surface area contributed by atoms with Gasteiger partial charge in [-0.15, -0.1) is 0 Å². The van der Waals surface area contributed by atoms with Gasteiger partial charge < -0.3 is 10.4 Å². The van der Waals surface area contributed by atoms with Crippen LogP contribution in [-0.4, -0.2) is 25.4 Å². The van der Waals surface area contributed by atoms with Crippen LogP contribution in [0, 0.1) is 17.2 Å². The van der Waals surface area contributed by atoms with Gasteiger partial charge in [0.05, 0.1) is 5.71 Å². The highest BCUT2D eigenvalue weighted by atomic mass is 19.3. The van der Waals surface area contributed by atoms with E-state index in [1.807, 2.05) is 0 Å². The van der Waals surface area contributed by atoms with Crippen molar-refractivity contribution < 1.29 is 8.78 Å². The first-order chi connectivity index (χ1) is 5.50. The number of aliphatic imine (C=N–C) groups is 1. The van der Waals surface area contributed by atoms with Crippen LogP contribution in [-0.2, 0) is 0 Å². The van der Waals surface area contributed by atoms with E-state index in [1.54, 1.807) is 13.8 Å². The number of hydrogen-bond donors (Lipinski definition) is 1. The van der Waals surface area contributed by atoms with Crippen molar-refractivity contribution in [2.24, 2.45) is 16.8 Å². The minimum Gasteiger partial charge on any atom is -0.303 e. The average Bonchev–Trinajstić information content (AvgIpc) is 1.98. The fourth-order valence-electron chi connectivity index (χ4n) is 0.918. The van der Waals surface area contributed by atoms with E-state index in [0.717, 1.165) is 0 Å². The van der Waals surface area contributed by atoms with Gasteiger partial charge in [-0.3, -0.25) is 0 Å². The first-order valence-electron chi connectivity index (χ1n) is 3.79. The van der Waals surface area contributed by atoms with Crippen molar-refractivity contribution in [3.05, 3.63) is 0 Å². The van der Waals surface area contributed by atoms with Crippen LogP contribution in [0.2, 0.25) is 0 Å². The van der Waals surface area contributed by atoms with Gasteiger partial charge in [0.1, 0.15) is 0 Å². The topological polar surface area (TPSA) is 36.2 Å². The zero-order chi connectivity index (χ0) is 9.72. The summed E-state index contributed by atoms with van der Waals surface area (Å²) in [5.41, 5.74) is -0.546. The van der Waals surface area contributed by atoms with Crippen LogP contribution < -0.4 is 0 Å². The number of alkyl halides is 2. The molecule has 0 aliphatic rings. The van der Waals surface area contributed by atoms with Crippen LogP contribution in [0.4, 0.5) is 8.78 Å². The van der Waals surface area contributed by atoms with Gasteiger partial charge in [0.2, 0.25) is 0 Å². The molecule has 1 N–H and O–H groups in total. The number of nitrogens with one attached hydrogen (secondary N) is 1. The lowest BCUT2D eigenvalue weighted by molar-refractivity contribution is 0.217. The highest BCUT2D eigenvalue weighted by Gasteiger charge is 2.23. The van der Waals surface area contributed by atoms with Gasteiger partial charge >= 0.3 is 0 Å². The predicted molar refractivity (Wildman–Crippen MR) is 46.5 cm³/mol. The second-order valence-corrected chi connectivity index (χ2v) is 2.93. The summed E-state index contributed by atoms with van der Waals surface area (Å²) >= 11 is 0. The molecule has 0 aromatic heterocycles. The standard InChI is InChI=1S/C8H14F2N2/c1-5(2)6(4-12-3)7(11)8(9)10/h4-6,8,11H,1-3H3. The number of halogens is 2. The highest BCUT2D eigenvalue weighted by molar-refractivity contribution is 5.98. The number of rotatable bonds is 4. The smallest absolute Gasteiger partial charge is 0.276 e. The third-order valence-corrected chi connectivity index (χ3v) is 1.62. The maximum Gasteiger partial charge on any atom is 0.276 e. The first kappa shape index (κ1) is 11.2. The van der Waals surface area contributed by atoms with Crippen molar-refractivity contribution in [3.63, 3.8) is 0 Å². The molecule has 1 unspecified atom stereocenters. The van der Waals surface area contributed by atoms with Crippen LogP contribution in [0.25, 0.3) is 0 Å². The largest absolute Gasteiger partial charge is 0.303 e. The minimum atomic E-state index is -2.67. The molecule has 12 heavy (non-hydrogen) atoms. The average molecular weight is 176 g/mol. The quantitative estimate of drug-likeness (QED) is 0.638. The summed E-state index contributed by atoms with van der Waals surface area (Å²) in [5.74, 6) is -0.537. The number of hydrogen-bond acceptors (Lipinski definition) is 2. The third kappa shape index (κ3) is 3.07. The lowest BCUT2D eigenvalue weighted by Gasteiger charge is -2.16. The SMILES string of the molecule is CN=CC(C(=N)C(F)F)C(C)C. The molecule has 4 heteroatoms. The molecule has 0 radical (unpaired) electrons. The van der Waals surface area contributed by atoms with E-state index in [9.17, 15) is 8.78 Å². The fourth-order valence-corrected chi connectivity index (χ4v) is 0.918. The fraction of sp³-hybridized carbons (Fsp3) is 0.750. The van der Waals surface area contributed by atoms with E-state index in [4.69, 9.17) is 5.41 Å². The Kier molecular flexibility index (Phi) is 4.62. The highest BCUT2D eigenvalue weighted by Crippen LogP contribution is 2.14. The Morgan fingerprint density at radius 2 is 1.92 bits per heavy atom. The molecule has 0 heterocycles. The molecular weight excluding hydrogens is 162 g/mol. The van der Waals surface area contributed by atoms with Crippen LogP contribution in [0.5, 0.6) is 0 Å². The second-order valence-electron chi connectivity index (χ2n) is 2.93. The van der Waals surface area contributed by atoms with Crippen LogP contribution in [0.1, 0.15) is 13.8 Å². The van der Waals surface area contributed by atoms with Gasteiger partial charge in [0.15, 0.2) is 0 Å². The molecule has 0 spiro atoms. The van der Waals surface area contributed by atoms with Crippen molar-refractivity contribution in [2.45, 2.75) is 20.3 Å². The maximum absolute atomic E-state index is 12.1. The summed E-state index contributed by atoms with van der Waals surface area (Å²) < 4.78 is 24.2. The van der Waals surface area contributed by atoms with E-state index in [1.165, 1.54) is 13.3 Å².